The second-order valence-electron chi connectivity index (χ2n) is 7.93. The molecule has 1 aromatic carbocycles. The van der Waals surface area contributed by atoms with Gasteiger partial charge in [0.15, 0.2) is 0 Å². The van der Waals surface area contributed by atoms with Crippen molar-refractivity contribution < 1.29 is 4.74 Å². The Kier molecular flexibility index (Phi) is 5.93. The third-order valence-electron chi connectivity index (χ3n) is 5.24. The van der Waals surface area contributed by atoms with Crippen molar-refractivity contribution in [3.63, 3.8) is 0 Å². The number of benzene rings is 1. The van der Waals surface area contributed by atoms with Crippen molar-refractivity contribution in [3.8, 4) is 5.75 Å². The van der Waals surface area contributed by atoms with Crippen LogP contribution in [0.5, 0.6) is 5.75 Å². The van der Waals surface area contributed by atoms with Gasteiger partial charge in [0.05, 0.1) is 36.0 Å². The van der Waals surface area contributed by atoms with E-state index in [1.807, 2.05) is 60.8 Å². The summed E-state index contributed by atoms with van der Waals surface area (Å²) in [5.41, 5.74) is 15.4. The summed E-state index contributed by atoms with van der Waals surface area (Å²) in [5.74, 6) is 2.34. The van der Waals surface area contributed by atoms with Gasteiger partial charge in [-0.1, -0.05) is 32.0 Å². The van der Waals surface area contributed by atoms with Crippen molar-refractivity contribution in [3.05, 3.63) is 78.4 Å². The maximum Gasteiger partial charge on any atom is 0.133 e. The van der Waals surface area contributed by atoms with Crippen LogP contribution in [0.25, 0.3) is 11.0 Å². The summed E-state index contributed by atoms with van der Waals surface area (Å²) in [7, 11) is 0. The first kappa shape index (κ1) is 20.5. The number of hydrogen-bond donors (Lipinski definition) is 3. The van der Waals surface area contributed by atoms with E-state index in [0.717, 1.165) is 41.1 Å². The molecule has 1 aliphatic rings. The molecule has 7 heteroatoms. The van der Waals surface area contributed by atoms with E-state index in [4.69, 9.17) is 16.2 Å². The van der Waals surface area contributed by atoms with Gasteiger partial charge in [0.2, 0.25) is 0 Å². The summed E-state index contributed by atoms with van der Waals surface area (Å²) < 4.78 is 5.99. The van der Waals surface area contributed by atoms with Gasteiger partial charge < -0.3 is 26.4 Å². The van der Waals surface area contributed by atoms with Gasteiger partial charge in [-0.15, -0.1) is 0 Å². The lowest BCUT2D eigenvalue weighted by Gasteiger charge is -2.40. The number of nitrogens with zero attached hydrogens (tertiary/aromatic N) is 3. The lowest BCUT2D eigenvalue weighted by atomic mass is 10.0. The van der Waals surface area contributed by atoms with E-state index in [0.29, 0.717) is 11.6 Å². The normalized spacial score (nSPS) is 15.3. The number of rotatable bonds is 7. The van der Waals surface area contributed by atoms with E-state index in [9.17, 15) is 0 Å². The van der Waals surface area contributed by atoms with Crippen LogP contribution in [0.2, 0.25) is 0 Å². The maximum absolute atomic E-state index is 6.13. The number of pyridine rings is 2. The lowest BCUT2D eigenvalue weighted by molar-refractivity contribution is 0.167. The maximum atomic E-state index is 6.13. The van der Waals surface area contributed by atoms with Crippen LogP contribution in [0.4, 0.5) is 11.5 Å². The number of para-hydroxylation sites is 1. The average Bonchev–Trinajstić information content (AvgIpc) is 2.74. The van der Waals surface area contributed by atoms with E-state index < -0.39 is 0 Å². The predicted octanol–water partition coefficient (Wildman–Crippen LogP) is 3.61. The molecule has 0 radical (unpaired) electrons. The predicted molar refractivity (Wildman–Crippen MR) is 126 cm³/mol. The van der Waals surface area contributed by atoms with Gasteiger partial charge in [-0.25, -0.2) is 4.98 Å². The van der Waals surface area contributed by atoms with E-state index in [-0.39, 0.29) is 12.0 Å². The molecule has 0 atom stereocenters. The van der Waals surface area contributed by atoms with Crippen molar-refractivity contribution in [1.82, 2.24) is 9.97 Å². The fourth-order valence-electron chi connectivity index (χ4n) is 3.42. The van der Waals surface area contributed by atoms with Gasteiger partial charge >= 0.3 is 0 Å². The Bertz CT molecular complexity index is 1100. The summed E-state index contributed by atoms with van der Waals surface area (Å²) >= 11 is 0. The van der Waals surface area contributed by atoms with Gasteiger partial charge in [-0.2, -0.15) is 0 Å². The van der Waals surface area contributed by atoms with E-state index >= 15 is 0 Å². The molecule has 3 aromatic rings. The molecule has 5 N–H and O–H groups in total. The number of ether oxygens (including phenoxy) is 1. The smallest absolute Gasteiger partial charge is 0.133 e. The van der Waals surface area contributed by atoms with Crippen LogP contribution in [0.1, 0.15) is 13.8 Å². The minimum absolute atomic E-state index is 0.176. The Hall–Kier alpha value is -3.74. The Morgan fingerprint density at radius 2 is 1.94 bits per heavy atom. The summed E-state index contributed by atoms with van der Waals surface area (Å²) in [4.78, 5) is 11.5. The molecule has 7 nitrogen and oxygen atoms in total. The highest BCUT2D eigenvalue weighted by Gasteiger charge is 2.29. The number of nitrogens with two attached hydrogens (primary N) is 2. The Balaban J connectivity index is 1.44. The van der Waals surface area contributed by atoms with Gasteiger partial charge in [-0.05, 0) is 54.1 Å². The molecule has 0 amide bonds. The van der Waals surface area contributed by atoms with Crippen LogP contribution >= 0.6 is 0 Å². The van der Waals surface area contributed by atoms with Gasteiger partial charge in [0, 0.05) is 0 Å². The summed E-state index contributed by atoms with van der Waals surface area (Å²) in [5, 5.41) is 3.13. The largest absolute Gasteiger partial charge is 0.487 e. The zero-order valence-electron chi connectivity index (χ0n) is 17.8. The van der Waals surface area contributed by atoms with E-state index in [1.165, 1.54) is 0 Å². The molecule has 0 unspecified atom stereocenters. The second kappa shape index (κ2) is 8.95. The molecule has 160 valence electrons. The van der Waals surface area contributed by atoms with Crippen LogP contribution < -0.4 is 26.4 Å². The van der Waals surface area contributed by atoms with E-state index in [1.54, 1.807) is 6.20 Å². The monoisotopic (exact) mass is 416 g/mol. The highest BCUT2D eigenvalue weighted by Crippen LogP contribution is 2.26. The van der Waals surface area contributed by atoms with Crippen molar-refractivity contribution in [2.75, 3.05) is 23.3 Å². The minimum atomic E-state index is 0.176. The van der Waals surface area contributed by atoms with Crippen LogP contribution in [0.3, 0.4) is 0 Å². The minimum Gasteiger partial charge on any atom is -0.487 e. The highest BCUT2D eigenvalue weighted by molar-refractivity contribution is 5.80. The quantitative estimate of drug-likeness (QED) is 0.506. The number of anilines is 2. The second-order valence-corrected chi connectivity index (χ2v) is 7.93. The molecule has 4 rings (SSSR count). The molecule has 31 heavy (non-hydrogen) atoms. The Morgan fingerprint density at radius 1 is 1.16 bits per heavy atom. The number of fused-ring (bicyclic) bond motifs is 1. The first-order valence-corrected chi connectivity index (χ1v) is 10.4. The SMILES string of the molecule is CC(C)C(=C/N)/C=C(\N)Nc1ccc2ncc(N3CC(Oc4ccccc4)C3)cc2n1. The molecule has 3 heterocycles. The zero-order valence-corrected chi connectivity index (χ0v) is 17.8. The summed E-state index contributed by atoms with van der Waals surface area (Å²) in [6, 6.07) is 15.7. The zero-order chi connectivity index (χ0) is 21.8. The third-order valence-corrected chi connectivity index (χ3v) is 5.24. The van der Waals surface area contributed by atoms with Crippen molar-refractivity contribution >= 4 is 22.5 Å². The summed E-state index contributed by atoms with van der Waals surface area (Å²) in [6.07, 6.45) is 5.46. The number of nitrogens with one attached hydrogen (secondary N) is 1. The lowest BCUT2D eigenvalue weighted by Crippen LogP contribution is -2.54. The molecule has 1 fully saturated rings. The first-order valence-electron chi connectivity index (χ1n) is 10.4. The Labute approximate surface area is 182 Å². The topological polar surface area (TPSA) is 102 Å². The molecule has 1 saturated heterocycles. The van der Waals surface area contributed by atoms with Crippen LogP contribution in [0.15, 0.2) is 78.4 Å². The molecule has 0 aliphatic carbocycles. The van der Waals surface area contributed by atoms with E-state index in [2.05, 4.69) is 34.0 Å². The van der Waals surface area contributed by atoms with Crippen molar-refractivity contribution in [2.24, 2.45) is 17.4 Å². The fraction of sp³-hybridized carbons (Fsp3) is 0.250. The van der Waals surface area contributed by atoms with Gasteiger partial charge in [0.25, 0.3) is 0 Å². The van der Waals surface area contributed by atoms with Crippen LogP contribution in [0, 0.1) is 5.92 Å². The number of aromatic nitrogens is 2. The highest BCUT2D eigenvalue weighted by atomic mass is 16.5. The van der Waals surface area contributed by atoms with Crippen molar-refractivity contribution in [1.29, 1.82) is 0 Å². The molecule has 0 spiro atoms. The molecule has 1 aliphatic heterocycles. The molecule has 0 saturated carbocycles. The standard InChI is InChI=1S/C24H28N6O/c1-16(2)17(12-25)10-23(26)29-24-9-8-21-22(28-24)11-18(13-27-21)30-14-20(15-30)31-19-6-4-3-5-7-19/h3-13,16,20H,14-15,25-26H2,1-2H3,(H,28,29)/b17-12+,23-10+. The van der Waals surface area contributed by atoms with Gasteiger partial charge in [0.1, 0.15) is 23.5 Å². The molecule has 2 aromatic heterocycles. The molecular formula is C24H28N6O. The number of hydrogen-bond acceptors (Lipinski definition) is 7. The number of allylic oxidation sites excluding steroid dienone is 2. The first-order chi connectivity index (χ1) is 15.0. The van der Waals surface area contributed by atoms with Gasteiger partial charge in [-0.3, -0.25) is 4.98 Å². The van der Waals surface area contributed by atoms with Crippen LogP contribution in [-0.2, 0) is 0 Å². The third kappa shape index (κ3) is 4.88. The van der Waals surface area contributed by atoms with Crippen molar-refractivity contribution in [2.45, 2.75) is 20.0 Å². The van der Waals surface area contributed by atoms with Crippen LogP contribution in [-0.4, -0.2) is 29.2 Å². The molecular weight excluding hydrogens is 388 g/mol. The average molecular weight is 417 g/mol. The Morgan fingerprint density at radius 3 is 2.65 bits per heavy atom. The fourth-order valence-corrected chi connectivity index (χ4v) is 3.42. The molecule has 0 bridgehead atoms. The summed E-state index contributed by atoms with van der Waals surface area (Å²) in [6.45, 7) is 5.77.